The second-order valence-corrected chi connectivity index (χ2v) is 6.20. The van der Waals surface area contributed by atoms with E-state index in [9.17, 15) is 4.79 Å². The van der Waals surface area contributed by atoms with Gasteiger partial charge in [-0.15, -0.1) is 0 Å². The summed E-state index contributed by atoms with van der Waals surface area (Å²) in [4.78, 5) is 10.8. The Labute approximate surface area is 90.2 Å². The predicted octanol–water partition coefficient (Wildman–Crippen LogP) is 2.92. The lowest BCUT2D eigenvalue weighted by Gasteiger charge is -2.59. The van der Waals surface area contributed by atoms with Gasteiger partial charge in [-0.1, -0.05) is 5.38 Å². The van der Waals surface area contributed by atoms with Gasteiger partial charge in [-0.25, -0.2) is 6.29 Å². The molecule has 1 nitrogen and oxygen atoms in total. The van der Waals surface area contributed by atoms with Crippen LogP contribution in [0.3, 0.4) is 0 Å². The molecule has 0 spiro atoms. The fourth-order valence-electron chi connectivity index (χ4n) is 4.61. The van der Waals surface area contributed by atoms with E-state index in [2.05, 4.69) is 0 Å². The number of rotatable bonds is 2. The summed E-state index contributed by atoms with van der Waals surface area (Å²) in [5.74, 6) is 2.61. The summed E-state index contributed by atoms with van der Waals surface area (Å²) in [7, 11) is 0. The highest BCUT2D eigenvalue weighted by molar-refractivity contribution is 6.28. The maximum absolute atomic E-state index is 10.8. The maximum Gasteiger partial charge on any atom is -0.0370 e. The van der Waals surface area contributed by atoms with Gasteiger partial charge >= 0.3 is 0 Å². The van der Waals surface area contributed by atoms with Crippen LogP contribution in [0.15, 0.2) is 0 Å². The molecule has 0 aliphatic heterocycles. The molecule has 4 aliphatic rings. The SMILES string of the molecule is O=[C-]C(Cl)C12CC3CC(CC(C3)C1)C2. The minimum absolute atomic E-state index is 0.151. The van der Waals surface area contributed by atoms with Crippen molar-refractivity contribution in [3.05, 3.63) is 0 Å². The molecule has 2 heteroatoms. The van der Waals surface area contributed by atoms with Crippen LogP contribution in [0, 0.1) is 23.2 Å². The first kappa shape index (κ1) is 9.21. The minimum atomic E-state index is -0.337. The van der Waals surface area contributed by atoms with E-state index < -0.39 is 0 Å². The zero-order chi connectivity index (χ0) is 9.76. The second kappa shape index (κ2) is 2.98. The molecule has 0 radical (unpaired) electrons. The number of halogens is 1. The van der Waals surface area contributed by atoms with Crippen LogP contribution in [0.1, 0.15) is 38.5 Å². The lowest BCUT2D eigenvalue weighted by atomic mass is 9.49. The first-order valence-electron chi connectivity index (χ1n) is 5.73. The lowest BCUT2D eigenvalue weighted by Crippen LogP contribution is -2.50. The molecule has 0 aromatic heterocycles. The maximum atomic E-state index is 10.8. The first-order chi connectivity index (χ1) is 6.72. The standard InChI is InChI=1S/C12H16ClO/c13-11(7-14)12-4-8-1-9(5-12)3-10(2-8)6-12/h8-11H,1-6H2/q-1. The van der Waals surface area contributed by atoms with Crippen molar-refractivity contribution in [1.82, 2.24) is 0 Å². The van der Waals surface area contributed by atoms with Crippen LogP contribution >= 0.6 is 11.6 Å². The summed E-state index contributed by atoms with van der Waals surface area (Å²) < 4.78 is 0. The van der Waals surface area contributed by atoms with E-state index in [1.54, 1.807) is 0 Å². The van der Waals surface area contributed by atoms with Crippen molar-refractivity contribution < 1.29 is 4.79 Å². The van der Waals surface area contributed by atoms with Gasteiger partial charge < -0.3 is 4.79 Å². The number of hydrogen-bond acceptors (Lipinski definition) is 1. The first-order valence-corrected chi connectivity index (χ1v) is 6.17. The molecule has 0 amide bonds. The summed E-state index contributed by atoms with van der Waals surface area (Å²) in [6, 6.07) is 0. The van der Waals surface area contributed by atoms with E-state index in [-0.39, 0.29) is 10.8 Å². The van der Waals surface area contributed by atoms with Gasteiger partial charge in [-0.05, 0) is 61.7 Å². The van der Waals surface area contributed by atoms with Gasteiger partial charge in [0.05, 0.1) is 0 Å². The Morgan fingerprint density at radius 3 is 1.86 bits per heavy atom. The molecule has 0 saturated heterocycles. The fourth-order valence-corrected chi connectivity index (χ4v) is 4.88. The third-order valence-corrected chi connectivity index (χ3v) is 5.28. The third kappa shape index (κ3) is 1.18. The molecule has 4 fully saturated rings. The van der Waals surface area contributed by atoms with Gasteiger partial charge in [-0.2, -0.15) is 11.6 Å². The van der Waals surface area contributed by atoms with Crippen LogP contribution in [0.2, 0.25) is 0 Å². The summed E-state index contributed by atoms with van der Waals surface area (Å²) in [5.41, 5.74) is 0.151. The van der Waals surface area contributed by atoms with Crippen LogP contribution in [0.5, 0.6) is 0 Å². The van der Waals surface area contributed by atoms with Crippen molar-refractivity contribution in [2.45, 2.75) is 43.9 Å². The second-order valence-electron chi connectivity index (χ2n) is 5.76. The summed E-state index contributed by atoms with van der Waals surface area (Å²) in [5, 5.41) is -0.337. The van der Waals surface area contributed by atoms with Gasteiger partial charge in [0, 0.05) is 0 Å². The van der Waals surface area contributed by atoms with E-state index >= 15 is 0 Å². The zero-order valence-electron chi connectivity index (χ0n) is 8.34. The van der Waals surface area contributed by atoms with Crippen LogP contribution < -0.4 is 0 Å². The summed E-state index contributed by atoms with van der Waals surface area (Å²) >= 11 is 6.16. The molecule has 0 heterocycles. The molecule has 0 aromatic carbocycles. The van der Waals surface area contributed by atoms with E-state index in [1.165, 1.54) is 38.5 Å². The molecule has 14 heavy (non-hydrogen) atoms. The summed E-state index contributed by atoms with van der Waals surface area (Å²) in [6.07, 6.45) is 9.84. The Morgan fingerprint density at radius 1 is 1.07 bits per heavy atom. The number of hydrogen-bond donors (Lipinski definition) is 0. The van der Waals surface area contributed by atoms with Crippen LogP contribution in [0.4, 0.5) is 0 Å². The van der Waals surface area contributed by atoms with Crippen molar-refractivity contribution in [2.75, 3.05) is 0 Å². The van der Waals surface area contributed by atoms with Gasteiger partial charge in [-0.3, -0.25) is 0 Å². The van der Waals surface area contributed by atoms with E-state index in [4.69, 9.17) is 11.6 Å². The molecule has 1 atom stereocenters. The van der Waals surface area contributed by atoms with Crippen molar-refractivity contribution >= 4 is 17.9 Å². The molecule has 4 saturated carbocycles. The third-order valence-electron chi connectivity index (χ3n) is 4.73. The van der Waals surface area contributed by atoms with Crippen molar-refractivity contribution in [3.8, 4) is 0 Å². The Morgan fingerprint density at radius 2 is 1.50 bits per heavy atom. The van der Waals surface area contributed by atoms with Crippen molar-refractivity contribution in [3.63, 3.8) is 0 Å². The smallest absolute Gasteiger partial charge is 0.0370 e. The topological polar surface area (TPSA) is 17.1 Å². The van der Waals surface area contributed by atoms with Gasteiger partial charge in [0.1, 0.15) is 0 Å². The van der Waals surface area contributed by atoms with Gasteiger partial charge in [0.2, 0.25) is 0 Å². The van der Waals surface area contributed by atoms with E-state index in [1.807, 2.05) is 6.29 Å². The highest BCUT2D eigenvalue weighted by Crippen LogP contribution is 2.61. The van der Waals surface area contributed by atoms with E-state index in [0.29, 0.717) is 0 Å². The molecule has 1 unspecified atom stereocenters. The highest BCUT2D eigenvalue weighted by atomic mass is 35.5. The van der Waals surface area contributed by atoms with Gasteiger partial charge in [0.25, 0.3) is 0 Å². The molecule has 78 valence electrons. The quantitative estimate of drug-likeness (QED) is 0.507. The Kier molecular flexibility index (Phi) is 1.96. The number of alkyl halides is 1. The fraction of sp³-hybridized carbons (Fsp3) is 0.917. The molecule has 0 aromatic rings. The summed E-state index contributed by atoms with van der Waals surface area (Å²) in [6.45, 7) is 0. The van der Waals surface area contributed by atoms with Gasteiger partial charge in [0.15, 0.2) is 0 Å². The monoisotopic (exact) mass is 211 g/mol. The molecule has 4 bridgehead atoms. The van der Waals surface area contributed by atoms with Crippen molar-refractivity contribution in [1.29, 1.82) is 0 Å². The number of carbonyl (C=O) groups excluding carboxylic acids is 1. The predicted molar refractivity (Wildman–Crippen MR) is 55.9 cm³/mol. The lowest BCUT2D eigenvalue weighted by molar-refractivity contribution is -0.0463. The highest BCUT2D eigenvalue weighted by Gasteiger charge is 2.51. The molecule has 4 rings (SSSR count). The Bertz CT molecular complexity index is 226. The molecular formula is C12H16ClO-. The van der Waals surface area contributed by atoms with Crippen LogP contribution in [-0.4, -0.2) is 11.7 Å². The largest absolute Gasteiger partial charge is 0.540 e. The molecule has 4 aliphatic carbocycles. The minimum Gasteiger partial charge on any atom is -0.540 e. The molecular weight excluding hydrogens is 196 g/mol. The average molecular weight is 212 g/mol. The van der Waals surface area contributed by atoms with Crippen LogP contribution in [-0.2, 0) is 4.79 Å². The zero-order valence-corrected chi connectivity index (χ0v) is 9.09. The average Bonchev–Trinajstić information content (AvgIpc) is 2.14. The Balaban J connectivity index is 1.90. The normalized spacial score (nSPS) is 51.9. The molecule has 0 N–H and O–H groups in total. The van der Waals surface area contributed by atoms with E-state index in [0.717, 1.165) is 17.8 Å². The Hall–Kier alpha value is -0.0400. The van der Waals surface area contributed by atoms with Crippen LogP contribution in [0.25, 0.3) is 0 Å². The van der Waals surface area contributed by atoms with Crippen molar-refractivity contribution in [2.24, 2.45) is 23.2 Å².